The van der Waals surface area contributed by atoms with Crippen LogP contribution < -0.4 is 14.8 Å². The van der Waals surface area contributed by atoms with Gasteiger partial charge in [0.05, 0.1) is 5.25 Å². The zero-order valence-corrected chi connectivity index (χ0v) is 16.4. The SMILES string of the molecule is Cc1ccc(-c2nc(S[C@H](C)C(=O)NCc3ccc4c(c3)OCO4)n[nH]2)cc1. The molecular weight excluding hydrogens is 376 g/mol. The summed E-state index contributed by atoms with van der Waals surface area (Å²) in [7, 11) is 0. The first kappa shape index (κ1) is 18.4. The molecule has 8 heteroatoms. The highest BCUT2D eigenvalue weighted by Gasteiger charge is 2.18. The Morgan fingerprint density at radius 2 is 2.00 bits per heavy atom. The third kappa shape index (κ3) is 4.12. The number of aromatic nitrogens is 3. The molecule has 0 saturated carbocycles. The standard InChI is InChI=1S/C20H20N4O3S/c1-12-3-6-15(7-4-12)18-22-20(24-23-18)28-13(2)19(25)21-10-14-5-8-16-17(9-14)27-11-26-16/h3-9,13H,10-11H2,1-2H3,(H,21,25)(H,22,23,24)/t13-/m1/s1. The molecule has 3 aromatic rings. The average Bonchev–Trinajstić information content (AvgIpc) is 3.35. The van der Waals surface area contributed by atoms with Gasteiger partial charge in [-0.1, -0.05) is 47.7 Å². The van der Waals surface area contributed by atoms with Crippen molar-refractivity contribution in [2.24, 2.45) is 0 Å². The van der Waals surface area contributed by atoms with Crippen molar-refractivity contribution in [3.05, 3.63) is 53.6 Å². The van der Waals surface area contributed by atoms with Crippen LogP contribution >= 0.6 is 11.8 Å². The Bertz CT molecular complexity index is 987. The molecule has 1 aliphatic heterocycles. The Hall–Kier alpha value is -3.00. The quantitative estimate of drug-likeness (QED) is 0.622. The Morgan fingerprint density at radius 1 is 1.21 bits per heavy atom. The van der Waals surface area contributed by atoms with E-state index in [9.17, 15) is 4.79 Å². The van der Waals surface area contributed by atoms with Gasteiger partial charge >= 0.3 is 0 Å². The minimum Gasteiger partial charge on any atom is -0.454 e. The molecule has 0 bridgehead atoms. The Balaban J connectivity index is 1.32. The topological polar surface area (TPSA) is 89.1 Å². The van der Waals surface area contributed by atoms with Crippen LogP contribution in [0.4, 0.5) is 0 Å². The normalized spacial score (nSPS) is 13.4. The van der Waals surface area contributed by atoms with E-state index in [2.05, 4.69) is 20.5 Å². The van der Waals surface area contributed by atoms with E-state index in [0.717, 1.165) is 16.9 Å². The van der Waals surface area contributed by atoms with Crippen LogP contribution in [0.3, 0.4) is 0 Å². The van der Waals surface area contributed by atoms with Crippen LogP contribution in [-0.2, 0) is 11.3 Å². The summed E-state index contributed by atoms with van der Waals surface area (Å²) in [5.74, 6) is 2.05. The van der Waals surface area contributed by atoms with Gasteiger partial charge in [0.1, 0.15) is 0 Å². The molecule has 0 radical (unpaired) electrons. The molecule has 2 heterocycles. The predicted octanol–water partition coefficient (Wildman–Crippen LogP) is 3.31. The summed E-state index contributed by atoms with van der Waals surface area (Å²) >= 11 is 1.32. The smallest absolute Gasteiger partial charge is 0.233 e. The van der Waals surface area contributed by atoms with Gasteiger partial charge in [-0.05, 0) is 31.5 Å². The van der Waals surface area contributed by atoms with E-state index < -0.39 is 0 Å². The summed E-state index contributed by atoms with van der Waals surface area (Å²) < 4.78 is 10.7. The summed E-state index contributed by atoms with van der Waals surface area (Å²) in [6.07, 6.45) is 0. The molecule has 144 valence electrons. The van der Waals surface area contributed by atoms with Crippen molar-refractivity contribution >= 4 is 17.7 Å². The maximum Gasteiger partial charge on any atom is 0.233 e. The molecule has 4 rings (SSSR count). The molecule has 0 aliphatic carbocycles. The van der Waals surface area contributed by atoms with Crippen LogP contribution in [0, 0.1) is 6.92 Å². The number of nitrogens with zero attached hydrogens (tertiary/aromatic N) is 2. The van der Waals surface area contributed by atoms with E-state index in [0.29, 0.717) is 23.3 Å². The van der Waals surface area contributed by atoms with Gasteiger partial charge in [-0.25, -0.2) is 4.98 Å². The van der Waals surface area contributed by atoms with E-state index in [1.54, 1.807) is 0 Å². The van der Waals surface area contributed by atoms with Crippen LogP contribution in [0.2, 0.25) is 0 Å². The van der Waals surface area contributed by atoms with E-state index in [1.807, 2.05) is 56.3 Å². The molecule has 1 aromatic heterocycles. The van der Waals surface area contributed by atoms with Gasteiger partial charge < -0.3 is 14.8 Å². The monoisotopic (exact) mass is 396 g/mol. The average molecular weight is 396 g/mol. The molecule has 0 saturated heterocycles. The maximum absolute atomic E-state index is 12.4. The largest absolute Gasteiger partial charge is 0.454 e. The number of aromatic amines is 1. The number of carbonyl (C=O) groups is 1. The summed E-state index contributed by atoms with van der Waals surface area (Å²) in [5, 5.41) is 10.3. The van der Waals surface area contributed by atoms with Crippen LogP contribution in [0.1, 0.15) is 18.1 Å². The van der Waals surface area contributed by atoms with Crippen LogP contribution in [0.5, 0.6) is 11.5 Å². The Labute approximate surface area is 166 Å². The minimum absolute atomic E-state index is 0.0793. The van der Waals surface area contributed by atoms with Crippen molar-refractivity contribution in [3.63, 3.8) is 0 Å². The van der Waals surface area contributed by atoms with Crippen molar-refractivity contribution in [3.8, 4) is 22.9 Å². The second-order valence-electron chi connectivity index (χ2n) is 6.50. The first-order valence-corrected chi connectivity index (χ1v) is 9.79. The molecule has 2 N–H and O–H groups in total. The van der Waals surface area contributed by atoms with Crippen LogP contribution in [0.15, 0.2) is 47.6 Å². The highest BCUT2D eigenvalue weighted by atomic mass is 32.2. The summed E-state index contributed by atoms with van der Waals surface area (Å²) in [5.41, 5.74) is 3.10. The molecule has 1 aliphatic rings. The van der Waals surface area contributed by atoms with Crippen molar-refractivity contribution in [2.45, 2.75) is 30.8 Å². The highest BCUT2D eigenvalue weighted by molar-refractivity contribution is 8.00. The lowest BCUT2D eigenvalue weighted by molar-refractivity contribution is -0.120. The predicted molar refractivity (Wildman–Crippen MR) is 106 cm³/mol. The first-order chi connectivity index (χ1) is 13.6. The molecule has 7 nitrogen and oxygen atoms in total. The lowest BCUT2D eigenvalue weighted by atomic mass is 10.1. The van der Waals surface area contributed by atoms with Gasteiger partial charge in [-0.3, -0.25) is 9.89 Å². The third-order valence-electron chi connectivity index (χ3n) is 4.35. The molecule has 28 heavy (non-hydrogen) atoms. The molecule has 0 spiro atoms. The number of amides is 1. The van der Waals surface area contributed by atoms with E-state index in [1.165, 1.54) is 17.3 Å². The number of carbonyl (C=O) groups excluding carboxylic acids is 1. The number of aryl methyl sites for hydroxylation is 1. The van der Waals surface area contributed by atoms with Crippen molar-refractivity contribution in [1.29, 1.82) is 0 Å². The van der Waals surface area contributed by atoms with Crippen molar-refractivity contribution < 1.29 is 14.3 Å². The lowest BCUT2D eigenvalue weighted by Gasteiger charge is -2.10. The van der Waals surface area contributed by atoms with Gasteiger partial charge in [0.2, 0.25) is 17.9 Å². The second-order valence-corrected chi connectivity index (χ2v) is 7.81. The van der Waals surface area contributed by atoms with Crippen LogP contribution in [-0.4, -0.2) is 33.1 Å². The fourth-order valence-electron chi connectivity index (χ4n) is 2.74. The maximum atomic E-state index is 12.4. The lowest BCUT2D eigenvalue weighted by Crippen LogP contribution is -2.30. The number of rotatable bonds is 6. The summed E-state index contributed by atoms with van der Waals surface area (Å²) in [6.45, 7) is 4.53. The number of nitrogens with one attached hydrogen (secondary N) is 2. The number of ether oxygens (including phenoxy) is 2. The van der Waals surface area contributed by atoms with Gasteiger partial charge in [0, 0.05) is 12.1 Å². The van der Waals surface area contributed by atoms with E-state index in [-0.39, 0.29) is 18.0 Å². The molecule has 2 aromatic carbocycles. The van der Waals surface area contributed by atoms with Gasteiger partial charge in [0.25, 0.3) is 0 Å². The second kappa shape index (κ2) is 7.93. The third-order valence-corrected chi connectivity index (χ3v) is 5.31. The van der Waals surface area contributed by atoms with Gasteiger partial charge in [0.15, 0.2) is 17.3 Å². The number of fused-ring (bicyclic) bond motifs is 1. The zero-order chi connectivity index (χ0) is 19.5. The Morgan fingerprint density at radius 3 is 2.82 bits per heavy atom. The number of hydrogen-bond acceptors (Lipinski definition) is 6. The number of hydrogen-bond donors (Lipinski definition) is 2. The highest BCUT2D eigenvalue weighted by Crippen LogP contribution is 2.32. The molecule has 0 fully saturated rings. The zero-order valence-electron chi connectivity index (χ0n) is 15.6. The summed E-state index contributed by atoms with van der Waals surface area (Å²) in [6, 6.07) is 13.7. The number of benzene rings is 2. The summed E-state index contributed by atoms with van der Waals surface area (Å²) in [4.78, 5) is 16.9. The fraction of sp³-hybridized carbons (Fsp3) is 0.250. The number of thioether (sulfide) groups is 1. The van der Waals surface area contributed by atoms with E-state index in [4.69, 9.17) is 9.47 Å². The van der Waals surface area contributed by atoms with Gasteiger partial charge in [-0.15, -0.1) is 5.10 Å². The first-order valence-electron chi connectivity index (χ1n) is 8.91. The van der Waals surface area contributed by atoms with Crippen molar-refractivity contribution in [1.82, 2.24) is 20.5 Å². The number of H-pyrrole nitrogens is 1. The molecular formula is C20H20N4O3S. The van der Waals surface area contributed by atoms with Crippen LogP contribution in [0.25, 0.3) is 11.4 Å². The van der Waals surface area contributed by atoms with Gasteiger partial charge in [-0.2, -0.15) is 0 Å². The van der Waals surface area contributed by atoms with Crippen molar-refractivity contribution in [2.75, 3.05) is 6.79 Å². The molecule has 0 unspecified atom stereocenters. The van der Waals surface area contributed by atoms with E-state index >= 15 is 0 Å². The minimum atomic E-state index is -0.323. The molecule has 1 amide bonds. The fourth-order valence-corrected chi connectivity index (χ4v) is 3.48. The molecule has 1 atom stereocenters. The Kier molecular flexibility index (Phi) is 5.21.